The molecule has 1 aliphatic rings. The smallest absolute Gasteiger partial charge is 0.0276 e. The molecule has 0 fully saturated rings. The van der Waals surface area contributed by atoms with E-state index in [4.69, 9.17) is 0 Å². The van der Waals surface area contributed by atoms with Crippen LogP contribution in [-0.4, -0.2) is 0 Å². The Balaban J connectivity index is 0.000000442. The van der Waals surface area contributed by atoms with Gasteiger partial charge in [-0.1, -0.05) is 58.4 Å². The molecular formula is C15H26. The molecule has 0 amide bonds. The maximum Gasteiger partial charge on any atom is -0.0276 e. The minimum atomic E-state index is 1.30. The summed E-state index contributed by atoms with van der Waals surface area (Å²) in [7, 11) is 0. The number of hydrogen-bond donors (Lipinski definition) is 0. The maximum atomic E-state index is 2.28. The van der Waals surface area contributed by atoms with Crippen molar-refractivity contribution in [2.45, 2.75) is 59.8 Å². The van der Waals surface area contributed by atoms with Gasteiger partial charge in [-0.3, -0.25) is 0 Å². The van der Waals surface area contributed by atoms with Crippen molar-refractivity contribution in [1.82, 2.24) is 0 Å². The third kappa shape index (κ3) is 5.01. The van der Waals surface area contributed by atoms with Crippen molar-refractivity contribution in [1.29, 1.82) is 0 Å². The summed E-state index contributed by atoms with van der Waals surface area (Å²) >= 11 is 0. The van der Waals surface area contributed by atoms with Crippen molar-refractivity contribution in [3.05, 3.63) is 35.4 Å². The third-order valence-corrected chi connectivity index (χ3v) is 2.51. The van der Waals surface area contributed by atoms with E-state index in [9.17, 15) is 0 Å². The molecule has 0 radical (unpaired) electrons. The second kappa shape index (κ2) is 9.76. The van der Waals surface area contributed by atoms with Crippen LogP contribution in [0.2, 0.25) is 0 Å². The van der Waals surface area contributed by atoms with Crippen molar-refractivity contribution >= 4 is 0 Å². The average Bonchev–Trinajstić information content (AvgIpc) is 2.59. The van der Waals surface area contributed by atoms with E-state index in [2.05, 4.69) is 24.3 Å². The highest BCUT2D eigenvalue weighted by atomic mass is 14.1. The standard InChI is InChI=1S/C11H14.2C2H6/c1-2-6-10-8-4-5-9-11(10)7-3-1;2*1-2/h4-5,8-9H,1-3,6-7H2;2*1-2H3. The summed E-state index contributed by atoms with van der Waals surface area (Å²) in [6.45, 7) is 8.00. The lowest BCUT2D eigenvalue weighted by Crippen LogP contribution is -1.88. The van der Waals surface area contributed by atoms with Gasteiger partial charge in [0.05, 0.1) is 0 Å². The number of rotatable bonds is 0. The topological polar surface area (TPSA) is 0 Å². The second-order valence-corrected chi connectivity index (χ2v) is 3.33. The highest BCUT2D eigenvalue weighted by Gasteiger charge is 2.05. The maximum absolute atomic E-state index is 2.28. The van der Waals surface area contributed by atoms with Crippen LogP contribution in [0.15, 0.2) is 24.3 Å². The molecule has 0 heteroatoms. The molecular weight excluding hydrogens is 180 g/mol. The highest BCUT2D eigenvalue weighted by molar-refractivity contribution is 5.27. The Morgan fingerprint density at radius 3 is 1.47 bits per heavy atom. The van der Waals surface area contributed by atoms with Gasteiger partial charge in [0, 0.05) is 0 Å². The van der Waals surface area contributed by atoms with Crippen LogP contribution in [0.3, 0.4) is 0 Å². The molecule has 1 aliphatic carbocycles. The van der Waals surface area contributed by atoms with Crippen LogP contribution in [0, 0.1) is 0 Å². The number of hydrogen-bond acceptors (Lipinski definition) is 0. The summed E-state index contributed by atoms with van der Waals surface area (Å²) < 4.78 is 0. The summed E-state index contributed by atoms with van der Waals surface area (Å²) in [4.78, 5) is 0. The van der Waals surface area contributed by atoms with E-state index >= 15 is 0 Å². The first kappa shape index (κ1) is 14.2. The van der Waals surface area contributed by atoms with Gasteiger partial charge in [-0.05, 0) is 36.8 Å². The van der Waals surface area contributed by atoms with Gasteiger partial charge in [0.1, 0.15) is 0 Å². The molecule has 0 atom stereocenters. The first-order chi connectivity index (χ1) is 7.47. The fourth-order valence-corrected chi connectivity index (χ4v) is 1.85. The van der Waals surface area contributed by atoms with E-state index in [1.54, 1.807) is 11.1 Å². The summed E-state index contributed by atoms with van der Waals surface area (Å²) in [6.07, 6.45) is 6.79. The molecule has 0 aliphatic heterocycles. The van der Waals surface area contributed by atoms with Crippen LogP contribution in [0.1, 0.15) is 58.1 Å². The molecule has 15 heavy (non-hydrogen) atoms. The van der Waals surface area contributed by atoms with Gasteiger partial charge in [0.2, 0.25) is 0 Å². The van der Waals surface area contributed by atoms with Crippen molar-refractivity contribution in [3.8, 4) is 0 Å². The lowest BCUT2D eigenvalue weighted by molar-refractivity contribution is 0.711. The van der Waals surface area contributed by atoms with Gasteiger partial charge in [-0.2, -0.15) is 0 Å². The van der Waals surface area contributed by atoms with E-state index in [-0.39, 0.29) is 0 Å². The zero-order valence-electron chi connectivity index (χ0n) is 10.8. The number of fused-ring (bicyclic) bond motifs is 1. The Labute approximate surface area is 95.7 Å². The zero-order chi connectivity index (χ0) is 11.5. The predicted molar refractivity (Wildman–Crippen MR) is 70.4 cm³/mol. The molecule has 0 saturated heterocycles. The third-order valence-electron chi connectivity index (χ3n) is 2.51. The monoisotopic (exact) mass is 206 g/mol. The Morgan fingerprint density at radius 1 is 0.667 bits per heavy atom. The average molecular weight is 206 g/mol. The van der Waals surface area contributed by atoms with Gasteiger partial charge in [0.25, 0.3) is 0 Å². The molecule has 86 valence electrons. The Kier molecular flexibility index (Phi) is 9.26. The van der Waals surface area contributed by atoms with Gasteiger partial charge in [-0.15, -0.1) is 0 Å². The fourth-order valence-electron chi connectivity index (χ4n) is 1.85. The summed E-state index contributed by atoms with van der Waals surface area (Å²) in [6, 6.07) is 8.87. The van der Waals surface area contributed by atoms with Gasteiger partial charge in [-0.25, -0.2) is 0 Å². The summed E-state index contributed by atoms with van der Waals surface area (Å²) in [5.41, 5.74) is 3.18. The normalized spacial score (nSPS) is 13.3. The molecule has 1 aromatic carbocycles. The Morgan fingerprint density at radius 2 is 1.07 bits per heavy atom. The van der Waals surface area contributed by atoms with Crippen LogP contribution in [0.4, 0.5) is 0 Å². The SMILES string of the molecule is CC.CC.c1ccc2c(c1)CCCCC2. The van der Waals surface area contributed by atoms with Gasteiger partial charge in [0.15, 0.2) is 0 Å². The number of aryl methyl sites for hydroxylation is 2. The zero-order valence-corrected chi connectivity index (χ0v) is 10.8. The number of benzene rings is 1. The van der Waals surface area contributed by atoms with Gasteiger partial charge >= 0.3 is 0 Å². The largest absolute Gasteiger partial charge is 0.0683 e. The molecule has 0 bridgehead atoms. The highest BCUT2D eigenvalue weighted by Crippen LogP contribution is 2.19. The molecule has 2 rings (SSSR count). The Bertz CT molecular complexity index is 213. The van der Waals surface area contributed by atoms with Crippen LogP contribution in [0.5, 0.6) is 0 Å². The first-order valence-electron chi connectivity index (χ1n) is 6.53. The molecule has 0 nitrogen and oxygen atoms in total. The van der Waals surface area contributed by atoms with E-state index in [0.717, 1.165) is 0 Å². The molecule has 0 spiro atoms. The van der Waals surface area contributed by atoms with Crippen LogP contribution >= 0.6 is 0 Å². The van der Waals surface area contributed by atoms with E-state index in [1.165, 1.54) is 32.1 Å². The minimum Gasteiger partial charge on any atom is -0.0683 e. The van der Waals surface area contributed by atoms with E-state index in [1.807, 2.05) is 27.7 Å². The molecule has 0 aromatic heterocycles. The quantitative estimate of drug-likeness (QED) is 0.524. The lowest BCUT2D eigenvalue weighted by Gasteiger charge is -2.02. The van der Waals surface area contributed by atoms with E-state index < -0.39 is 0 Å². The Hall–Kier alpha value is -0.780. The van der Waals surface area contributed by atoms with Crippen molar-refractivity contribution in [3.63, 3.8) is 0 Å². The molecule has 0 unspecified atom stereocenters. The molecule has 0 saturated carbocycles. The molecule has 0 heterocycles. The summed E-state index contributed by atoms with van der Waals surface area (Å²) in [5, 5.41) is 0. The van der Waals surface area contributed by atoms with Crippen LogP contribution < -0.4 is 0 Å². The van der Waals surface area contributed by atoms with E-state index in [0.29, 0.717) is 0 Å². The van der Waals surface area contributed by atoms with Crippen molar-refractivity contribution in [2.24, 2.45) is 0 Å². The summed E-state index contributed by atoms with van der Waals surface area (Å²) in [5.74, 6) is 0. The predicted octanol–water partition coefficient (Wildman–Crippen LogP) is 5.01. The minimum absolute atomic E-state index is 1.30. The first-order valence-corrected chi connectivity index (χ1v) is 6.53. The van der Waals surface area contributed by atoms with Crippen LogP contribution in [-0.2, 0) is 12.8 Å². The lowest BCUT2D eigenvalue weighted by atomic mass is 10.0. The van der Waals surface area contributed by atoms with Crippen molar-refractivity contribution in [2.75, 3.05) is 0 Å². The second-order valence-electron chi connectivity index (χ2n) is 3.33. The fraction of sp³-hybridized carbons (Fsp3) is 0.600. The molecule has 1 aromatic rings. The van der Waals surface area contributed by atoms with Crippen molar-refractivity contribution < 1.29 is 0 Å². The van der Waals surface area contributed by atoms with Gasteiger partial charge < -0.3 is 0 Å². The van der Waals surface area contributed by atoms with Crippen LogP contribution in [0.25, 0.3) is 0 Å². The molecule has 0 N–H and O–H groups in total.